The number of carbonyl (C=O) groups is 1. The molecule has 0 aliphatic carbocycles. The molecule has 17 heavy (non-hydrogen) atoms. The third kappa shape index (κ3) is 2.44. The molecule has 3 N–H and O–H groups in total. The van der Waals surface area contributed by atoms with Crippen LogP contribution in [-0.4, -0.2) is 15.7 Å². The second-order valence-electron chi connectivity index (χ2n) is 3.93. The third-order valence-corrected chi connectivity index (χ3v) is 2.48. The number of aromatic nitrogens is 2. The smallest absolute Gasteiger partial charge is 0.258 e. The topological polar surface area (TPSA) is 72.9 Å². The second-order valence-corrected chi connectivity index (χ2v) is 3.93. The Balaban J connectivity index is 2.21. The lowest BCUT2D eigenvalue weighted by Gasteiger charge is -2.07. The van der Waals surface area contributed by atoms with Crippen LogP contribution in [0.25, 0.3) is 0 Å². The number of aryl methyl sites for hydroxylation is 2. The van der Waals surface area contributed by atoms with Gasteiger partial charge in [-0.2, -0.15) is 5.10 Å². The van der Waals surface area contributed by atoms with E-state index in [1.54, 1.807) is 30.1 Å². The molecule has 0 fully saturated rings. The van der Waals surface area contributed by atoms with Crippen molar-refractivity contribution < 1.29 is 4.79 Å². The molecule has 1 heterocycles. The fraction of sp³-hybridized carbons (Fsp3) is 0.167. The fourth-order valence-electron chi connectivity index (χ4n) is 1.51. The molecule has 2 aromatic rings. The van der Waals surface area contributed by atoms with Crippen molar-refractivity contribution in [2.75, 3.05) is 11.1 Å². The summed E-state index contributed by atoms with van der Waals surface area (Å²) in [5.41, 5.74) is 8.51. The van der Waals surface area contributed by atoms with Crippen molar-refractivity contribution in [1.82, 2.24) is 9.78 Å². The normalized spacial score (nSPS) is 10.2. The van der Waals surface area contributed by atoms with E-state index in [1.165, 1.54) is 6.20 Å². The minimum absolute atomic E-state index is 0.188. The molecule has 1 amide bonds. The Labute approximate surface area is 99.2 Å². The molecule has 0 saturated heterocycles. The van der Waals surface area contributed by atoms with E-state index in [1.807, 2.05) is 13.0 Å². The van der Waals surface area contributed by atoms with Gasteiger partial charge in [-0.15, -0.1) is 0 Å². The minimum Gasteiger partial charge on any atom is -0.399 e. The molecule has 0 radical (unpaired) electrons. The molecule has 5 nitrogen and oxygen atoms in total. The molecule has 88 valence electrons. The predicted octanol–water partition coefficient (Wildman–Crippen LogP) is 1.56. The Hall–Kier alpha value is -2.30. The Morgan fingerprint density at radius 1 is 1.47 bits per heavy atom. The van der Waals surface area contributed by atoms with E-state index in [4.69, 9.17) is 5.73 Å². The van der Waals surface area contributed by atoms with Crippen molar-refractivity contribution in [1.29, 1.82) is 0 Å². The molecule has 2 rings (SSSR count). The maximum atomic E-state index is 11.9. The zero-order valence-corrected chi connectivity index (χ0v) is 9.77. The number of rotatable bonds is 2. The molecule has 0 spiro atoms. The van der Waals surface area contributed by atoms with Crippen LogP contribution in [0.1, 0.15) is 15.9 Å². The number of carbonyl (C=O) groups excluding carboxylic acids is 1. The first kappa shape index (κ1) is 11.2. The first-order chi connectivity index (χ1) is 8.06. The Morgan fingerprint density at radius 3 is 2.88 bits per heavy atom. The van der Waals surface area contributed by atoms with Crippen molar-refractivity contribution in [2.45, 2.75) is 6.92 Å². The van der Waals surface area contributed by atoms with Crippen LogP contribution in [0.2, 0.25) is 0 Å². The molecule has 0 saturated carbocycles. The number of hydrogen-bond donors (Lipinski definition) is 2. The number of amides is 1. The molecular formula is C12H14N4O. The zero-order chi connectivity index (χ0) is 12.4. The molecule has 0 unspecified atom stereocenters. The number of nitrogens with zero attached hydrogens (tertiary/aromatic N) is 2. The summed E-state index contributed by atoms with van der Waals surface area (Å²) in [7, 11) is 1.77. The van der Waals surface area contributed by atoms with E-state index in [0.717, 1.165) is 11.3 Å². The van der Waals surface area contributed by atoms with Gasteiger partial charge in [-0.05, 0) is 24.6 Å². The van der Waals surface area contributed by atoms with Gasteiger partial charge in [0, 0.05) is 24.6 Å². The Kier molecular flexibility index (Phi) is 2.82. The van der Waals surface area contributed by atoms with Crippen molar-refractivity contribution >= 4 is 17.3 Å². The fourth-order valence-corrected chi connectivity index (χ4v) is 1.51. The number of anilines is 2. The van der Waals surface area contributed by atoms with Crippen molar-refractivity contribution in [3.05, 3.63) is 41.7 Å². The minimum atomic E-state index is -0.188. The number of nitrogens with one attached hydrogen (secondary N) is 1. The number of hydrogen-bond acceptors (Lipinski definition) is 3. The van der Waals surface area contributed by atoms with Gasteiger partial charge in [0.15, 0.2) is 0 Å². The third-order valence-electron chi connectivity index (χ3n) is 2.48. The van der Waals surface area contributed by atoms with Gasteiger partial charge in [0.05, 0.1) is 11.8 Å². The summed E-state index contributed by atoms with van der Waals surface area (Å²) in [6.45, 7) is 1.91. The summed E-state index contributed by atoms with van der Waals surface area (Å²) in [5, 5.41) is 6.76. The lowest BCUT2D eigenvalue weighted by molar-refractivity contribution is 0.102. The second kappa shape index (κ2) is 4.29. The van der Waals surface area contributed by atoms with Crippen LogP contribution < -0.4 is 11.1 Å². The molecule has 0 atom stereocenters. The average molecular weight is 230 g/mol. The SMILES string of the molecule is Cc1ccc(N)cc1NC(=O)c1cnn(C)c1. The molecule has 0 aliphatic heterocycles. The lowest BCUT2D eigenvalue weighted by Crippen LogP contribution is -2.12. The van der Waals surface area contributed by atoms with Gasteiger partial charge < -0.3 is 11.1 Å². The summed E-state index contributed by atoms with van der Waals surface area (Å²) < 4.78 is 1.58. The van der Waals surface area contributed by atoms with Crippen LogP contribution in [0.5, 0.6) is 0 Å². The van der Waals surface area contributed by atoms with E-state index in [-0.39, 0.29) is 5.91 Å². The first-order valence-electron chi connectivity index (χ1n) is 5.22. The van der Waals surface area contributed by atoms with Crippen molar-refractivity contribution in [3.8, 4) is 0 Å². The van der Waals surface area contributed by atoms with Gasteiger partial charge in [-0.3, -0.25) is 9.48 Å². The van der Waals surface area contributed by atoms with Crippen LogP contribution in [0, 0.1) is 6.92 Å². The van der Waals surface area contributed by atoms with Crippen LogP contribution in [0.4, 0.5) is 11.4 Å². The van der Waals surface area contributed by atoms with E-state index >= 15 is 0 Å². The number of nitrogens with two attached hydrogens (primary N) is 1. The molecule has 5 heteroatoms. The van der Waals surface area contributed by atoms with E-state index in [9.17, 15) is 4.79 Å². The maximum Gasteiger partial charge on any atom is 0.258 e. The number of benzene rings is 1. The van der Waals surface area contributed by atoms with Gasteiger partial charge in [0.2, 0.25) is 0 Å². The molecular weight excluding hydrogens is 216 g/mol. The summed E-state index contributed by atoms with van der Waals surface area (Å²) in [6.07, 6.45) is 3.19. The van der Waals surface area contributed by atoms with Crippen LogP contribution in [0.15, 0.2) is 30.6 Å². The summed E-state index contributed by atoms with van der Waals surface area (Å²) in [4.78, 5) is 11.9. The van der Waals surface area contributed by atoms with E-state index in [2.05, 4.69) is 10.4 Å². The van der Waals surface area contributed by atoms with Crippen molar-refractivity contribution in [3.63, 3.8) is 0 Å². The number of nitrogen functional groups attached to an aromatic ring is 1. The van der Waals surface area contributed by atoms with Gasteiger partial charge in [0.1, 0.15) is 0 Å². The lowest BCUT2D eigenvalue weighted by atomic mass is 10.1. The van der Waals surface area contributed by atoms with Crippen molar-refractivity contribution in [2.24, 2.45) is 7.05 Å². The van der Waals surface area contributed by atoms with E-state index < -0.39 is 0 Å². The van der Waals surface area contributed by atoms with E-state index in [0.29, 0.717) is 11.3 Å². The predicted molar refractivity (Wildman–Crippen MR) is 66.8 cm³/mol. The first-order valence-corrected chi connectivity index (χ1v) is 5.22. The highest BCUT2D eigenvalue weighted by Crippen LogP contribution is 2.18. The van der Waals surface area contributed by atoms with Gasteiger partial charge in [-0.25, -0.2) is 0 Å². The zero-order valence-electron chi connectivity index (χ0n) is 9.77. The molecule has 1 aromatic heterocycles. The van der Waals surface area contributed by atoms with Gasteiger partial charge >= 0.3 is 0 Å². The molecule has 0 aliphatic rings. The van der Waals surface area contributed by atoms with Crippen LogP contribution in [-0.2, 0) is 7.05 Å². The highest BCUT2D eigenvalue weighted by Gasteiger charge is 2.09. The Morgan fingerprint density at radius 2 is 2.24 bits per heavy atom. The van der Waals surface area contributed by atoms with Gasteiger partial charge in [-0.1, -0.05) is 6.07 Å². The molecule has 0 bridgehead atoms. The highest BCUT2D eigenvalue weighted by atomic mass is 16.1. The summed E-state index contributed by atoms with van der Waals surface area (Å²) >= 11 is 0. The standard InChI is InChI=1S/C12H14N4O/c1-8-3-4-10(13)5-11(8)15-12(17)9-6-14-16(2)7-9/h3-7H,13H2,1-2H3,(H,15,17). The monoisotopic (exact) mass is 230 g/mol. The van der Waals surface area contributed by atoms with Gasteiger partial charge in [0.25, 0.3) is 5.91 Å². The molecule has 1 aromatic carbocycles. The highest BCUT2D eigenvalue weighted by molar-refractivity contribution is 6.04. The largest absolute Gasteiger partial charge is 0.399 e. The maximum absolute atomic E-state index is 11.9. The summed E-state index contributed by atoms with van der Waals surface area (Å²) in [5.74, 6) is -0.188. The van der Waals surface area contributed by atoms with Crippen LogP contribution >= 0.6 is 0 Å². The average Bonchev–Trinajstić information content (AvgIpc) is 2.70. The quantitative estimate of drug-likeness (QED) is 0.769. The Bertz CT molecular complexity index is 559. The van der Waals surface area contributed by atoms with Crippen LogP contribution in [0.3, 0.4) is 0 Å². The summed E-state index contributed by atoms with van der Waals surface area (Å²) in [6, 6.07) is 5.41.